The molecule has 1 N–H and O–H groups in total. The number of hydrogen-bond acceptors (Lipinski definition) is 2. The number of halogens is 2. The van der Waals surface area contributed by atoms with Gasteiger partial charge < -0.3 is 5.32 Å². The van der Waals surface area contributed by atoms with Gasteiger partial charge in [-0.2, -0.15) is 0 Å². The summed E-state index contributed by atoms with van der Waals surface area (Å²) >= 11 is 1.43. The molecule has 1 rings (SSSR count). The number of hydrogen-bond donors (Lipinski definition) is 1. The van der Waals surface area contributed by atoms with E-state index in [1.54, 1.807) is 0 Å². The maximum atomic E-state index is 13.3. The van der Waals surface area contributed by atoms with Crippen LogP contribution in [0.5, 0.6) is 0 Å². The molecule has 0 aliphatic rings. The average molecular weight is 259 g/mol. The third-order valence-corrected chi connectivity index (χ3v) is 3.34. The van der Waals surface area contributed by atoms with Crippen LogP contribution in [0.1, 0.15) is 20.3 Å². The van der Waals surface area contributed by atoms with Crippen molar-refractivity contribution in [1.82, 2.24) is 5.32 Å². The van der Waals surface area contributed by atoms with E-state index in [1.165, 1.54) is 23.9 Å². The zero-order valence-electron chi connectivity index (χ0n) is 10.3. The summed E-state index contributed by atoms with van der Waals surface area (Å²) < 4.78 is 25.9. The molecule has 0 heterocycles. The van der Waals surface area contributed by atoms with Crippen LogP contribution in [0.2, 0.25) is 0 Å². The minimum atomic E-state index is -0.523. The Morgan fingerprint density at radius 1 is 1.29 bits per heavy atom. The standard InChI is InChI=1S/C13H19F2NS/c1-10(2)9-16-6-3-7-17-13-5-4-11(14)8-12(13)15/h4-5,8,10,16H,3,6-7,9H2,1-2H3. The molecule has 0 spiro atoms. The van der Waals surface area contributed by atoms with Crippen molar-refractivity contribution in [3.05, 3.63) is 29.8 Å². The summed E-state index contributed by atoms with van der Waals surface area (Å²) in [7, 11) is 0. The molecule has 0 amide bonds. The molecule has 0 saturated carbocycles. The Balaban J connectivity index is 2.18. The van der Waals surface area contributed by atoms with Crippen LogP contribution in [0.3, 0.4) is 0 Å². The highest BCUT2D eigenvalue weighted by Crippen LogP contribution is 2.22. The van der Waals surface area contributed by atoms with Crippen LogP contribution in [-0.2, 0) is 0 Å². The van der Waals surface area contributed by atoms with Crippen LogP contribution in [-0.4, -0.2) is 18.8 Å². The van der Waals surface area contributed by atoms with Gasteiger partial charge in [-0.3, -0.25) is 0 Å². The highest BCUT2D eigenvalue weighted by atomic mass is 32.2. The van der Waals surface area contributed by atoms with Crippen molar-refractivity contribution in [1.29, 1.82) is 0 Å². The predicted octanol–water partition coefficient (Wildman–Crippen LogP) is 3.69. The predicted molar refractivity (Wildman–Crippen MR) is 69.4 cm³/mol. The van der Waals surface area contributed by atoms with Gasteiger partial charge in [0, 0.05) is 11.0 Å². The first-order chi connectivity index (χ1) is 8.09. The zero-order chi connectivity index (χ0) is 12.7. The fourth-order valence-electron chi connectivity index (χ4n) is 1.36. The van der Waals surface area contributed by atoms with E-state index in [2.05, 4.69) is 19.2 Å². The van der Waals surface area contributed by atoms with Crippen molar-refractivity contribution in [3.8, 4) is 0 Å². The smallest absolute Gasteiger partial charge is 0.139 e. The first kappa shape index (κ1) is 14.5. The molecule has 0 aromatic heterocycles. The van der Waals surface area contributed by atoms with Gasteiger partial charge in [-0.25, -0.2) is 8.78 Å². The van der Waals surface area contributed by atoms with Crippen molar-refractivity contribution in [2.45, 2.75) is 25.2 Å². The van der Waals surface area contributed by atoms with E-state index in [1.807, 2.05) is 0 Å². The Bertz CT molecular complexity index is 342. The second-order valence-corrected chi connectivity index (χ2v) is 5.51. The van der Waals surface area contributed by atoms with E-state index in [0.29, 0.717) is 10.8 Å². The lowest BCUT2D eigenvalue weighted by Crippen LogP contribution is -2.21. The summed E-state index contributed by atoms with van der Waals surface area (Å²) in [5.74, 6) is 0.501. The van der Waals surface area contributed by atoms with E-state index < -0.39 is 11.6 Å². The van der Waals surface area contributed by atoms with Gasteiger partial charge in [0.2, 0.25) is 0 Å². The van der Waals surface area contributed by atoms with Gasteiger partial charge in [0.05, 0.1) is 0 Å². The molecule has 0 saturated heterocycles. The third-order valence-electron chi connectivity index (χ3n) is 2.20. The Hall–Kier alpha value is -0.610. The Kier molecular flexibility index (Phi) is 6.52. The van der Waals surface area contributed by atoms with Crippen LogP contribution in [0.4, 0.5) is 8.78 Å². The highest BCUT2D eigenvalue weighted by molar-refractivity contribution is 7.99. The summed E-state index contributed by atoms with van der Waals surface area (Å²) in [5.41, 5.74) is 0. The topological polar surface area (TPSA) is 12.0 Å². The first-order valence-electron chi connectivity index (χ1n) is 5.88. The Labute approximate surface area is 106 Å². The van der Waals surface area contributed by atoms with Crippen LogP contribution in [0.25, 0.3) is 0 Å². The zero-order valence-corrected chi connectivity index (χ0v) is 11.1. The molecule has 0 aliphatic carbocycles. The summed E-state index contributed by atoms with van der Waals surface area (Å²) in [6.45, 7) is 6.27. The van der Waals surface area contributed by atoms with Gasteiger partial charge in [0.1, 0.15) is 11.6 Å². The normalized spacial score (nSPS) is 11.1. The maximum absolute atomic E-state index is 13.3. The molecule has 0 bridgehead atoms. The van der Waals surface area contributed by atoms with E-state index >= 15 is 0 Å². The molecule has 0 atom stereocenters. The molecule has 4 heteroatoms. The molecule has 1 aromatic carbocycles. The van der Waals surface area contributed by atoms with Crippen LogP contribution < -0.4 is 5.32 Å². The lowest BCUT2D eigenvalue weighted by molar-refractivity contribution is 0.551. The Morgan fingerprint density at radius 2 is 2.06 bits per heavy atom. The van der Waals surface area contributed by atoms with Gasteiger partial charge in [0.25, 0.3) is 0 Å². The molecular weight excluding hydrogens is 240 g/mol. The average Bonchev–Trinajstić information content (AvgIpc) is 2.25. The van der Waals surface area contributed by atoms with Crippen molar-refractivity contribution < 1.29 is 8.78 Å². The Morgan fingerprint density at radius 3 is 2.71 bits per heavy atom. The molecule has 96 valence electrons. The molecule has 0 aliphatic heterocycles. The lowest BCUT2D eigenvalue weighted by atomic mass is 10.2. The van der Waals surface area contributed by atoms with Crippen LogP contribution in [0.15, 0.2) is 23.1 Å². The molecule has 0 unspecified atom stereocenters. The quantitative estimate of drug-likeness (QED) is 0.592. The van der Waals surface area contributed by atoms with Crippen molar-refractivity contribution >= 4 is 11.8 Å². The van der Waals surface area contributed by atoms with Gasteiger partial charge in [0.15, 0.2) is 0 Å². The minimum absolute atomic E-state index is 0.467. The molecule has 17 heavy (non-hydrogen) atoms. The molecule has 0 fully saturated rings. The third kappa shape index (κ3) is 6.03. The number of thioether (sulfide) groups is 1. The summed E-state index contributed by atoms with van der Waals surface area (Å²) in [6.07, 6.45) is 0.980. The fourth-order valence-corrected chi connectivity index (χ4v) is 2.23. The van der Waals surface area contributed by atoms with E-state index in [-0.39, 0.29) is 0 Å². The number of nitrogens with one attached hydrogen (secondary N) is 1. The second kappa shape index (κ2) is 7.67. The minimum Gasteiger partial charge on any atom is -0.316 e. The maximum Gasteiger partial charge on any atom is 0.139 e. The second-order valence-electron chi connectivity index (χ2n) is 4.37. The number of benzene rings is 1. The largest absolute Gasteiger partial charge is 0.316 e. The van der Waals surface area contributed by atoms with E-state index in [9.17, 15) is 8.78 Å². The summed E-state index contributed by atoms with van der Waals surface area (Å²) in [4.78, 5) is 0.523. The fraction of sp³-hybridized carbons (Fsp3) is 0.538. The molecular formula is C13H19F2NS. The molecule has 0 radical (unpaired) electrons. The first-order valence-corrected chi connectivity index (χ1v) is 6.86. The monoisotopic (exact) mass is 259 g/mol. The van der Waals surface area contributed by atoms with Crippen molar-refractivity contribution in [2.75, 3.05) is 18.8 Å². The summed E-state index contributed by atoms with van der Waals surface area (Å²) in [6, 6.07) is 3.72. The van der Waals surface area contributed by atoms with Crippen LogP contribution >= 0.6 is 11.8 Å². The molecule has 1 aromatic rings. The molecule has 1 nitrogen and oxygen atoms in total. The number of rotatable bonds is 7. The summed E-state index contributed by atoms with van der Waals surface area (Å²) in [5, 5.41) is 3.33. The van der Waals surface area contributed by atoms with E-state index in [4.69, 9.17) is 0 Å². The van der Waals surface area contributed by atoms with Gasteiger partial charge in [-0.1, -0.05) is 13.8 Å². The highest BCUT2D eigenvalue weighted by Gasteiger charge is 2.03. The van der Waals surface area contributed by atoms with Crippen molar-refractivity contribution in [2.24, 2.45) is 5.92 Å². The van der Waals surface area contributed by atoms with Gasteiger partial charge in [-0.15, -0.1) is 11.8 Å². The van der Waals surface area contributed by atoms with Crippen molar-refractivity contribution in [3.63, 3.8) is 0 Å². The lowest BCUT2D eigenvalue weighted by Gasteiger charge is -2.07. The van der Waals surface area contributed by atoms with Gasteiger partial charge >= 0.3 is 0 Å². The van der Waals surface area contributed by atoms with E-state index in [0.717, 1.165) is 31.3 Å². The van der Waals surface area contributed by atoms with Crippen LogP contribution in [0, 0.1) is 17.6 Å². The van der Waals surface area contributed by atoms with Gasteiger partial charge in [-0.05, 0) is 43.3 Å². The SMILES string of the molecule is CC(C)CNCCCSc1ccc(F)cc1F.